The maximum absolute atomic E-state index is 13.7. The smallest absolute Gasteiger partial charge is 0.314 e. The van der Waals surface area contributed by atoms with Crippen molar-refractivity contribution in [3.8, 4) is 5.75 Å². The van der Waals surface area contributed by atoms with Gasteiger partial charge in [0.2, 0.25) is 0 Å². The molecule has 2 aromatic rings. The third-order valence-corrected chi connectivity index (χ3v) is 4.01. The summed E-state index contributed by atoms with van der Waals surface area (Å²) in [6.45, 7) is 2.30. The largest absolute Gasteiger partial charge is 0.467 e. The standard InChI is InChI=1S/C19H23FN2O5/c20-16-9-14(18-15(10-16)11-25-13-27-18)4-6-22-19(23)21-5-2-7-24-12-17-3-1-8-26-17/h1,3,8-10H,2,4-7,11-13H2,(H2,21,22,23). The van der Waals surface area contributed by atoms with Gasteiger partial charge >= 0.3 is 6.03 Å². The zero-order valence-electron chi connectivity index (χ0n) is 15.0. The molecule has 7 nitrogen and oxygen atoms in total. The Labute approximate surface area is 156 Å². The van der Waals surface area contributed by atoms with Crippen LogP contribution in [0, 0.1) is 5.82 Å². The zero-order valence-corrected chi connectivity index (χ0v) is 15.0. The molecule has 0 atom stereocenters. The van der Waals surface area contributed by atoms with Crippen molar-refractivity contribution in [1.29, 1.82) is 0 Å². The summed E-state index contributed by atoms with van der Waals surface area (Å²) in [6, 6.07) is 6.23. The van der Waals surface area contributed by atoms with Gasteiger partial charge in [0.25, 0.3) is 0 Å². The molecule has 27 heavy (non-hydrogen) atoms. The lowest BCUT2D eigenvalue weighted by molar-refractivity contribution is -0.0172. The SMILES string of the molecule is O=C(NCCCOCc1ccco1)NCCc1cc(F)cc2c1OCOC2. The van der Waals surface area contributed by atoms with E-state index in [9.17, 15) is 9.18 Å². The molecule has 0 bridgehead atoms. The van der Waals surface area contributed by atoms with Crippen molar-refractivity contribution in [2.45, 2.75) is 26.1 Å². The molecule has 0 spiro atoms. The molecule has 2 N–H and O–H groups in total. The van der Waals surface area contributed by atoms with Gasteiger partial charge in [-0.3, -0.25) is 0 Å². The Hall–Kier alpha value is -2.58. The van der Waals surface area contributed by atoms with Gasteiger partial charge in [0.15, 0.2) is 6.79 Å². The van der Waals surface area contributed by atoms with E-state index in [1.807, 2.05) is 12.1 Å². The lowest BCUT2D eigenvalue weighted by Crippen LogP contribution is -2.37. The lowest BCUT2D eigenvalue weighted by atomic mass is 10.1. The van der Waals surface area contributed by atoms with Gasteiger partial charge in [-0.25, -0.2) is 9.18 Å². The van der Waals surface area contributed by atoms with Gasteiger partial charge in [0, 0.05) is 25.3 Å². The van der Waals surface area contributed by atoms with Crippen LogP contribution in [-0.4, -0.2) is 32.5 Å². The molecular formula is C19H23FN2O5. The predicted octanol–water partition coefficient (Wildman–Crippen LogP) is 2.73. The molecule has 0 fully saturated rings. The third kappa shape index (κ3) is 5.97. The van der Waals surface area contributed by atoms with E-state index in [0.717, 1.165) is 11.3 Å². The van der Waals surface area contributed by atoms with Gasteiger partial charge in [-0.05, 0) is 42.7 Å². The number of carbonyl (C=O) groups is 1. The summed E-state index contributed by atoms with van der Waals surface area (Å²) in [6.07, 6.45) is 2.77. The Kier molecular flexibility index (Phi) is 7.06. The number of carbonyl (C=O) groups excluding carboxylic acids is 1. The average molecular weight is 378 g/mol. The number of hydrogen-bond acceptors (Lipinski definition) is 5. The Morgan fingerprint density at radius 3 is 3.00 bits per heavy atom. The van der Waals surface area contributed by atoms with Crippen LogP contribution in [0.15, 0.2) is 34.9 Å². The maximum Gasteiger partial charge on any atom is 0.314 e. The molecular weight excluding hydrogens is 355 g/mol. The minimum atomic E-state index is -0.336. The number of fused-ring (bicyclic) bond motifs is 1. The first-order valence-corrected chi connectivity index (χ1v) is 8.86. The van der Waals surface area contributed by atoms with Crippen LogP contribution in [-0.2, 0) is 29.1 Å². The molecule has 1 aliphatic rings. The monoisotopic (exact) mass is 378 g/mol. The van der Waals surface area contributed by atoms with Crippen molar-refractivity contribution >= 4 is 6.03 Å². The fraction of sp³-hybridized carbons (Fsp3) is 0.421. The molecule has 0 unspecified atom stereocenters. The van der Waals surface area contributed by atoms with E-state index < -0.39 is 0 Å². The minimum Gasteiger partial charge on any atom is -0.467 e. The van der Waals surface area contributed by atoms with Crippen molar-refractivity contribution in [3.63, 3.8) is 0 Å². The molecule has 3 rings (SSSR count). The fourth-order valence-electron chi connectivity index (χ4n) is 2.76. The van der Waals surface area contributed by atoms with E-state index in [1.165, 1.54) is 12.1 Å². The lowest BCUT2D eigenvalue weighted by Gasteiger charge is -2.21. The normalized spacial score (nSPS) is 12.9. The first-order chi connectivity index (χ1) is 13.2. The molecule has 0 saturated heterocycles. The van der Waals surface area contributed by atoms with Crippen LogP contribution in [0.2, 0.25) is 0 Å². The van der Waals surface area contributed by atoms with E-state index >= 15 is 0 Å². The number of halogens is 1. The van der Waals surface area contributed by atoms with E-state index in [-0.39, 0.29) is 18.6 Å². The molecule has 1 aliphatic heterocycles. The van der Waals surface area contributed by atoms with E-state index in [0.29, 0.717) is 57.1 Å². The molecule has 2 amide bonds. The number of rotatable bonds is 9. The van der Waals surface area contributed by atoms with Crippen molar-refractivity contribution in [3.05, 3.63) is 53.2 Å². The fourth-order valence-corrected chi connectivity index (χ4v) is 2.76. The average Bonchev–Trinajstić information content (AvgIpc) is 3.18. The summed E-state index contributed by atoms with van der Waals surface area (Å²) in [5.41, 5.74) is 1.41. The summed E-state index contributed by atoms with van der Waals surface area (Å²) in [5.74, 6) is 1.09. The highest BCUT2D eigenvalue weighted by atomic mass is 19.1. The first kappa shape index (κ1) is 19.2. The predicted molar refractivity (Wildman–Crippen MR) is 94.8 cm³/mol. The summed E-state index contributed by atoms with van der Waals surface area (Å²) in [5, 5.41) is 5.51. The van der Waals surface area contributed by atoms with Gasteiger partial charge in [0.1, 0.15) is 23.9 Å². The molecule has 1 aromatic heterocycles. The maximum atomic E-state index is 13.7. The molecule has 0 aliphatic carbocycles. The number of benzene rings is 1. The number of urea groups is 1. The Balaban J connectivity index is 1.30. The summed E-state index contributed by atoms with van der Waals surface area (Å²) >= 11 is 0. The summed E-state index contributed by atoms with van der Waals surface area (Å²) < 4.78 is 34.9. The second-order valence-electron chi connectivity index (χ2n) is 6.08. The Morgan fingerprint density at radius 2 is 2.15 bits per heavy atom. The van der Waals surface area contributed by atoms with Gasteiger partial charge in [0.05, 0.1) is 12.9 Å². The van der Waals surface area contributed by atoms with Gasteiger partial charge < -0.3 is 29.3 Å². The highest BCUT2D eigenvalue weighted by Gasteiger charge is 2.16. The first-order valence-electron chi connectivity index (χ1n) is 8.86. The van der Waals surface area contributed by atoms with Crippen molar-refractivity contribution < 1.29 is 27.8 Å². The second-order valence-corrected chi connectivity index (χ2v) is 6.08. The molecule has 146 valence electrons. The molecule has 2 heterocycles. The molecule has 8 heteroatoms. The summed E-state index contributed by atoms with van der Waals surface area (Å²) in [7, 11) is 0. The van der Waals surface area contributed by atoms with Crippen LogP contribution < -0.4 is 15.4 Å². The number of furan rings is 1. The van der Waals surface area contributed by atoms with Crippen LogP contribution in [0.5, 0.6) is 5.75 Å². The quantitative estimate of drug-likeness (QED) is 0.656. The van der Waals surface area contributed by atoms with Crippen molar-refractivity contribution in [2.24, 2.45) is 0 Å². The Bertz CT molecular complexity index is 736. The van der Waals surface area contributed by atoms with Crippen LogP contribution in [0.4, 0.5) is 9.18 Å². The van der Waals surface area contributed by atoms with E-state index in [4.69, 9.17) is 18.6 Å². The summed E-state index contributed by atoms with van der Waals surface area (Å²) in [4.78, 5) is 11.8. The van der Waals surface area contributed by atoms with E-state index in [2.05, 4.69) is 10.6 Å². The van der Waals surface area contributed by atoms with Gasteiger partial charge in [-0.15, -0.1) is 0 Å². The number of nitrogens with one attached hydrogen (secondary N) is 2. The minimum absolute atomic E-state index is 0.154. The molecule has 0 radical (unpaired) electrons. The Morgan fingerprint density at radius 1 is 1.26 bits per heavy atom. The molecule has 0 saturated carbocycles. The highest BCUT2D eigenvalue weighted by Crippen LogP contribution is 2.29. The zero-order chi connectivity index (χ0) is 18.9. The van der Waals surface area contributed by atoms with Crippen LogP contribution in [0.25, 0.3) is 0 Å². The van der Waals surface area contributed by atoms with Crippen LogP contribution in [0.3, 0.4) is 0 Å². The van der Waals surface area contributed by atoms with Crippen LogP contribution in [0.1, 0.15) is 23.3 Å². The van der Waals surface area contributed by atoms with Crippen LogP contribution >= 0.6 is 0 Å². The highest BCUT2D eigenvalue weighted by molar-refractivity contribution is 5.73. The van der Waals surface area contributed by atoms with Gasteiger partial charge in [-0.1, -0.05) is 0 Å². The van der Waals surface area contributed by atoms with Gasteiger partial charge in [-0.2, -0.15) is 0 Å². The number of amides is 2. The van der Waals surface area contributed by atoms with Crippen molar-refractivity contribution in [2.75, 3.05) is 26.5 Å². The second kappa shape index (κ2) is 9.94. The molecule has 1 aromatic carbocycles. The third-order valence-electron chi connectivity index (χ3n) is 4.01. The van der Waals surface area contributed by atoms with Crippen molar-refractivity contribution in [1.82, 2.24) is 10.6 Å². The number of ether oxygens (including phenoxy) is 3. The van der Waals surface area contributed by atoms with E-state index in [1.54, 1.807) is 6.26 Å². The number of hydrogen-bond donors (Lipinski definition) is 2. The topological polar surface area (TPSA) is 82.0 Å².